The molecule has 1 aromatic heterocycles. The molecule has 4 rings (SSSR count). The molecule has 3 aliphatic rings. The Kier molecular flexibility index (Phi) is 6.40. The highest BCUT2D eigenvalue weighted by atomic mass is 16.4. The van der Waals surface area contributed by atoms with E-state index in [0.29, 0.717) is 12.2 Å². The highest BCUT2D eigenvalue weighted by Crippen LogP contribution is 2.57. The number of carbonyl (C=O) groups is 3. The van der Waals surface area contributed by atoms with E-state index in [-0.39, 0.29) is 35.4 Å². The zero-order chi connectivity index (χ0) is 23.0. The highest BCUT2D eigenvalue weighted by molar-refractivity contribution is 6.04. The second-order valence-corrected chi connectivity index (χ2v) is 9.68. The molecule has 2 amide bonds. The van der Waals surface area contributed by atoms with Crippen molar-refractivity contribution in [2.45, 2.75) is 78.3 Å². The number of aromatic nitrogens is 2. The van der Waals surface area contributed by atoms with E-state index in [2.05, 4.69) is 15.7 Å². The molecule has 32 heavy (non-hydrogen) atoms. The molecule has 1 aromatic rings. The summed E-state index contributed by atoms with van der Waals surface area (Å²) in [7, 11) is 0. The number of hydrogen-bond acceptors (Lipinski definition) is 4. The molecule has 4 unspecified atom stereocenters. The molecule has 2 bridgehead atoms. The number of aryl methyl sites for hydroxylation is 1. The van der Waals surface area contributed by atoms with Crippen molar-refractivity contribution in [3.05, 3.63) is 23.0 Å². The SMILES string of the molecule is CCn1cc(NC(=O)C2C3CCC(C3=C(C)C)C2C(=O)O)c(C(=O)NC2CCCCC2)n1. The van der Waals surface area contributed by atoms with Gasteiger partial charge in [0.15, 0.2) is 5.69 Å². The monoisotopic (exact) mass is 442 g/mol. The van der Waals surface area contributed by atoms with E-state index in [0.717, 1.165) is 49.7 Å². The van der Waals surface area contributed by atoms with Gasteiger partial charge in [-0.1, -0.05) is 30.4 Å². The van der Waals surface area contributed by atoms with Gasteiger partial charge < -0.3 is 15.7 Å². The Balaban J connectivity index is 1.56. The fourth-order valence-electron chi connectivity index (χ4n) is 6.16. The Morgan fingerprint density at radius 2 is 1.72 bits per heavy atom. The third kappa shape index (κ3) is 4.07. The minimum absolute atomic E-state index is 0.0492. The highest BCUT2D eigenvalue weighted by Gasteiger charge is 2.57. The van der Waals surface area contributed by atoms with Gasteiger partial charge in [-0.25, -0.2) is 0 Å². The number of amides is 2. The van der Waals surface area contributed by atoms with Crippen LogP contribution in [0.25, 0.3) is 0 Å². The van der Waals surface area contributed by atoms with E-state index >= 15 is 0 Å². The van der Waals surface area contributed by atoms with Crippen LogP contribution >= 0.6 is 0 Å². The van der Waals surface area contributed by atoms with Gasteiger partial charge in [-0.2, -0.15) is 5.10 Å². The van der Waals surface area contributed by atoms with Gasteiger partial charge in [-0.05, 0) is 58.3 Å². The zero-order valence-corrected chi connectivity index (χ0v) is 19.2. The molecular weight excluding hydrogens is 408 g/mol. The summed E-state index contributed by atoms with van der Waals surface area (Å²) in [6.07, 6.45) is 8.62. The Morgan fingerprint density at radius 3 is 2.31 bits per heavy atom. The van der Waals surface area contributed by atoms with Crippen LogP contribution in [0.1, 0.15) is 76.2 Å². The van der Waals surface area contributed by atoms with Crippen LogP contribution in [0.3, 0.4) is 0 Å². The molecule has 8 nitrogen and oxygen atoms in total. The molecule has 1 heterocycles. The molecule has 3 saturated carbocycles. The molecule has 8 heteroatoms. The summed E-state index contributed by atoms with van der Waals surface area (Å²) in [6.45, 7) is 6.48. The molecule has 3 N–H and O–H groups in total. The van der Waals surface area contributed by atoms with Gasteiger partial charge in [-0.3, -0.25) is 19.1 Å². The number of hydrogen-bond donors (Lipinski definition) is 3. The lowest BCUT2D eigenvalue weighted by Crippen LogP contribution is -2.39. The number of carboxylic acids is 1. The largest absolute Gasteiger partial charge is 0.481 e. The third-order valence-electron chi connectivity index (χ3n) is 7.51. The summed E-state index contributed by atoms with van der Waals surface area (Å²) in [6, 6.07) is 0.133. The number of allylic oxidation sites excluding steroid dienone is 2. The van der Waals surface area contributed by atoms with Gasteiger partial charge in [0.05, 0.1) is 17.5 Å². The van der Waals surface area contributed by atoms with Crippen LogP contribution in [-0.4, -0.2) is 38.7 Å². The summed E-state index contributed by atoms with van der Waals surface area (Å²) < 4.78 is 1.63. The number of aliphatic carboxylic acids is 1. The van der Waals surface area contributed by atoms with Crippen molar-refractivity contribution >= 4 is 23.5 Å². The van der Waals surface area contributed by atoms with Crippen molar-refractivity contribution in [3.8, 4) is 0 Å². The molecule has 3 aliphatic carbocycles. The third-order valence-corrected chi connectivity index (χ3v) is 7.51. The van der Waals surface area contributed by atoms with E-state index in [1.807, 2.05) is 20.8 Å². The number of carboxylic acid groups (broad SMARTS) is 1. The fraction of sp³-hybridized carbons (Fsp3) is 0.667. The summed E-state index contributed by atoms with van der Waals surface area (Å²) in [5.41, 5.74) is 2.81. The molecule has 0 spiro atoms. The van der Waals surface area contributed by atoms with Gasteiger partial charge >= 0.3 is 5.97 Å². The van der Waals surface area contributed by atoms with Gasteiger partial charge in [0.25, 0.3) is 5.91 Å². The number of nitrogens with one attached hydrogen (secondary N) is 2. The molecule has 4 atom stereocenters. The topological polar surface area (TPSA) is 113 Å². The number of carbonyl (C=O) groups excluding carboxylic acids is 2. The Bertz CT molecular complexity index is 940. The van der Waals surface area contributed by atoms with E-state index in [1.165, 1.54) is 6.42 Å². The van der Waals surface area contributed by atoms with Crippen molar-refractivity contribution in [1.82, 2.24) is 15.1 Å². The molecule has 0 aromatic carbocycles. The van der Waals surface area contributed by atoms with Crippen molar-refractivity contribution in [2.75, 3.05) is 5.32 Å². The lowest BCUT2D eigenvalue weighted by Gasteiger charge is -2.26. The Hall–Kier alpha value is -2.64. The molecule has 0 aliphatic heterocycles. The lowest BCUT2D eigenvalue weighted by atomic mass is 9.78. The minimum Gasteiger partial charge on any atom is -0.481 e. The molecule has 3 fully saturated rings. The molecule has 0 radical (unpaired) electrons. The number of anilines is 1. The predicted molar refractivity (Wildman–Crippen MR) is 120 cm³/mol. The first-order valence-electron chi connectivity index (χ1n) is 11.9. The van der Waals surface area contributed by atoms with E-state index < -0.39 is 17.8 Å². The summed E-state index contributed by atoms with van der Waals surface area (Å²) in [5.74, 6) is -3.01. The maximum atomic E-state index is 13.4. The smallest absolute Gasteiger partial charge is 0.307 e. The zero-order valence-electron chi connectivity index (χ0n) is 19.2. The normalized spacial score (nSPS) is 27.4. The van der Waals surface area contributed by atoms with E-state index in [4.69, 9.17) is 0 Å². The van der Waals surface area contributed by atoms with E-state index in [1.54, 1.807) is 10.9 Å². The molecular formula is C24H34N4O4. The van der Waals surface area contributed by atoms with Crippen molar-refractivity contribution in [3.63, 3.8) is 0 Å². The standard InChI is InChI=1S/C24H34N4O4/c1-4-28-12-17(21(27-28)23(30)25-14-8-6-5-7-9-14)26-22(29)19-15-10-11-16(18(15)13(2)3)20(19)24(31)32/h12,14-16,19-20H,4-11H2,1-3H3,(H,25,30)(H,26,29)(H,31,32). The maximum absolute atomic E-state index is 13.4. The second-order valence-electron chi connectivity index (χ2n) is 9.68. The Morgan fingerprint density at radius 1 is 1.06 bits per heavy atom. The van der Waals surface area contributed by atoms with Gasteiger partial charge in [0.1, 0.15) is 0 Å². The van der Waals surface area contributed by atoms with E-state index in [9.17, 15) is 19.5 Å². The van der Waals surface area contributed by atoms with Crippen LogP contribution < -0.4 is 10.6 Å². The van der Waals surface area contributed by atoms with Crippen LogP contribution in [0.15, 0.2) is 17.3 Å². The van der Waals surface area contributed by atoms with Gasteiger partial charge in [0, 0.05) is 18.8 Å². The van der Waals surface area contributed by atoms with Crippen LogP contribution in [0.2, 0.25) is 0 Å². The first-order valence-corrected chi connectivity index (χ1v) is 11.9. The van der Waals surface area contributed by atoms with Gasteiger partial charge in [0.2, 0.25) is 5.91 Å². The van der Waals surface area contributed by atoms with Crippen molar-refractivity contribution in [1.29, 1.82) is 0 Å². The summed E-state index contributed by atoms with van der Waals surface area (Å²) in [4.78, 5) is 38.4. The van der Waals surface area contributed by atoms with Crippen molar-refractivity contribution < 1.29 is 19.5 Å². The summed E-state index contributed by atoms with van der Waals surface area (Å²) >= 11 is 0. The number of nitrogens with zero attached hydrogens (tertiary/aromatic N) is 2. The average Bonchev–Trinajstić information content (AvgIpc) is 3.45. The summed E-state index contributed by atoms with van der Waals surface area (Å²) in [5, 5.41) is 20.2. The Labute approximate surface area is 188 Å². The molecule has 0 saturated heterocycles. The lowest BCUT2D eigenvalue weighted by molar-refractivity contribution is -0.148. The van der Waals surface area contributed by atoms with Crippen LogP contribution in [0.4, 0.5) is 5.69 Å². The number of fused-ring (bicyclic) bond motifs is 2. The fourth-order valence-corrected chi connectivity index (χ4v) is 6.16. The first kappa shape index (κ1) is 22.6. The van der Waals surface area contributed by atoms with Crippen LogP contribution in [0.5, 0.6) is 0 Å². The van der Waals surface area contributed by atoms with Crippen LogP contribution in [0, 0.1) is 23.7 Å². The quantitative estimate of drug-likeness (QED) is 0.583. The predicted octanol–water partition coefficient (Wildman–Crippen LogP) is 3.60. The minimum atomic E-state index is -0.921. The van der Waals surface area contributed by atoms with Gasteiger partial charge in [-0.15, -0.1) is 0 Å². The van der Waals surface area contributed by atoms with Crippen LogP contribution in [-0.2, 0) is 16.1 Å². The first-order chi connectivity index (χ1) is 15.3. The molecule has 174 valence electrons. The van der Waals surface area contributed by atoms with Crippen molar-refractivity contribution in [2.24, 2.45) is 23.7 Å². The number of rotatable bonds is 6. The second kappa shape index (κ2) is 9.08. The average molecular weight is 443 g/mol. The maximum Gasteiger partial charge on any atom is 0.307 e.